The first-order valence-corrected chi connectivity index (χ1v) is 15.5. The van der Waals surface area contributed by atoms with Crippen LogP contribution in [0.15, 0.2) is 166 Å². The monoisotopic (exact) mass is 593 g/mol. The highest BCUT2D eigenvalue weighted by Gasteiger charge is 2.17. The SMILES string of the molecule is C/C=C(/N=C(N=C(C)n1c2ccccc2c2cc(-c3cccc4c3oc3ccccc34)ccc21)c1ccccc1)c1ccccc1. The Kier molecular flexibility index (Phi) is 6.88. The van der Waals surface area contributed by atoms with Gasteiger partial charge in [-0.3, -0.25) is 4.57 Å². The molecule has 0 saturated carbocycles. The van der Waals surface area contributed by atoms with Gasteiger partial charge in [0.15, 0.2) is 5.84 Å². The fourth-order valence-corrected chi connectivity index (χ4v) is 6.43. The Hall–Kier alpha value is -6.00. The predicted octanol–water partition coefficient (Wildman–Crippen LogP) is 11.1. The highest BCUT2D eigenvalue weighted by Crippen LogP contribution is 2.38. The van der Waals surface area contributed by atoms with E-state index in [0.717, 1.165) is 72.1 Å². The van der Waals surface area contributed by atoms with E-state index in [4.69, 9.17) is 14.4 Å². The Balaban J connectivity index is 1.30. The van der Waals surface area contributed by atoms with Crippen LogP contribution in [-0.4, -0.2) is 16.2 Å². The molecule has 2 aromatic heterocycles. The number of nitrogens with zero attached hydrogens (tertiary/aromatic N) is 3. The fourth-order valence-electron chi connectivity index (χ4n) is 6.43. The van der Waals surface area contributed by atoms with Gasteiger partial charge in [0.1, 0.15) is 17.0 Å². The van der Waals surface area contributed by atoms with Crippen molar-refractivity contribution in [2.45, 2.75) is 13.8 Å². The molecule has 0 saturated heterocycles. The number of rotatable bonds is 4. The lowest BCUT2D eigenvalue weighted by atomic mass is 10.0. The molecule has 8 aromatic rings. The second-order valence-electron chi connectivity index (χ2n) is 11.4. The third-order valence-corrected chi connectivity index (χ3v) is 8.58. The van der Waals surface area contributed by atoms with Crippen molar-refractivity contribution in [1.29, 1.82) is 0 Å². The zero-order valence-corrected chi connectivity index (χ0v) is 25.7. The number of hydrogen-bond donors (Lipinski definition) is 0. The summed E-state index contributed by atoms with van der Waals surface area (Å²) < 4.78 is 8.64. The first kappa shape index (κ1) is 27.5. The van der Waals surface area contributed by atoms with Gasteiger partial charge in [-0.05, 0) is 49.2 Å². The molecule has 0 atom stereocenters. The van der Waals surface area contributed by atoms with E-state index in [9.17, 15) is 0 Å². The van der Waals surface area contributed by atoms with Crippen molar-refractivity contribution in [3.05, 3.63) is 163 Å². The van der Waals surface area contributed by atoms with E-state index in [1.807, 2.05) is 61.5 Å². The van der Waals surface area contributed by atoms with E-state index in [-0.39, 0.29) is 0 Å². The van der Waals surface area contributed by atoms with Crippen molar-refractivity contribution in [1.82, 2.24) is 4.57 Å². The topological polar surface area (TPSA) is 42.8 Å². The maximum atomic E-state index is 6.40. The molecule has 0 unspecified atom stereocenters. The van der Waals surface area contributed by atoms with Gasteiger partial charge in [0.2, 0.25) is 0 Å². The lowest BCUT2D eigenvalue weighted by Gasteiger charge is -2.10. The maximum absolute atomic E-state index is 6.40. The van der Waals surface area contributed by atoms with Crippen molar-refractivity contribution < 1.29 is 4.42 Å². The van der Waals surface area contributed by atoms with Gasteiger partial charge >= 0.3 is 0 Å². The Bertz CT molecular complexity index is 2480. The summed E-state index contributed by atoms with van der Waals surface area (Å²) in [6.07, 6.45) is 2.04. The van der Waals surface area contributed by atoms with Gasteiger partial charge in [0.05, 0.1) is 16.7 Å². The molecule has 0 N–H and O–H groups in total. The van der Waals surface area contributed by atoms with E-state index >= 15 is 0 Å². The van der Waals surface area contributed by atoms with Crippen LogP contribution in [0.5, 0.6) is 0 Å². The van der Waals surface area contributed by atoms with Gasteiger partial charge in [0, 0.05) is 32.7 Å². The summed E-state index contributed by atoms with van der Waals surface area (Å²) in [5, 5.41) is 4.59. The molecule has 2 heterocycles. The van der Waals surface area contributed by atoms with Gasteiger partial charge < -0.3 is 4.42 Å². The van der Waals surface area contributed by atoms with Crippen LogP contribution < -0.4 is 0 Å². The van der Waals surface area contributed by atoms with Crippen molar-refractivity contribution in [2.24, 2.45) is 9.98 Å². The van der Waals surface area contributed by atoms with Gasteiger partial charge in [-0.15, -0.1) is 0 Å². The molecule has 0 spiro atoms. The third-order valence-electron chi connectivity index (χ3n) is 8.58. The van der Waals surface area contributed by atoms with Crippen molar-refractivity contribution in [3.8, 4) is 11.1 Å². The first-order chi connectivity index (χ1) is 22.7. The summed E-state index contributed by atoms with van der Waals surface area (Å²) in [5.74, 6) is 1.50. The summed E-state index contributed by atoms with van der Waals surface area (Å²) >= 11 is 0. The average molecular weight is 594 g/mol. The van der Waals surface area contributed by atoms with Crippen LogP contribution in [0.4, 0.5) is 0 Å². The van der Waals surface area contributed by atoms with Crippen LogP contribution >= 0.6 is 0 Å². The summed E-state index contributed by atoms with van der Waals surface area (Å²) in [5.41, 5.74) is 9.07. The van der Waals surface area contributed by atoms with Crippen LogP contribution in [-0.2, 0) is 0 Å². The number of benzene rings is 6. The van der Waals surface area contributed by atoms with Crippen molar-refractivity contribution >= 4 is 61.1 Å². The molecule has 0 bridgehead atoms. The van der Waals surface area contributed by atoms with Gasteiger partial charge in [-0.25, -0.2) is 9.98 Å². The maximum Gasteiger partial charge on any atom is 0.161 e. The second kappa shape index (κ2) is 11.5. The molecule has 8 rings (SSSR count). The number of aliphatic imine (C=N–C) groups is 2. The number of fused-ring (bicyclic) bond motifs is 6. The van der Waals surface area contributed by atoms with E-state index in [1.54, 1.807) is 0 Å². The molecule has 46 heavy (non-hydrogen) atoms. The molecule has 0 fully saturated rings. The molecular formula is C42H31N3O. The zero-order valence-electron chi connectivity index (χ0n) is 25.7. The third kappa shape index (κ3) is 4.72. The molecule has 0 amide bonds. The van der Waals surface area contributed by atoms with Crippen LogP contribution in [0.3, 0.4) is 0 Å². The highest BCUT2D eigenvalue weighted by molar-refractivity contribution is 6.18. The molecule has 4 nitrogen and oxygen atoms in total. The van der Waals surface area contributed by atoms with Crippen LogP contribution in [0.2, 0.25) is 0 Å². The lowest BCUT2D eigenvalue weighted by Crippen LogP contribution is -2.11. The molecule has 4 heteroatoms. The number of para-hydroxylation sites is 3. The molecular weight excluding hydrogens is 562 g/mol. The quantitative estimate of drug-likeness (QED) is 0.148. The van der Waals surface area contributed by atoms with Gasteiger partial charge in [-0.2, -0.15) is 0 Å². The smallest absolute Gasteiger partial charge is 0.161 e. The molecule has 0 aliphatic heterocycles. The number of amidine groups is 1. The van der Waals surface area contributed by atoms with Crippen LogP contribution in [0, 0.1) is 0 Å². The first-order valence-electron chi connectivity index (χ1n) is 15.5. The number of aromatic nitrogens is 1. The van der Waals surface area contributed by atoms with Crippen molar-refractivity contribution in [3.63, 3.8) is 0 Å². The second-order valence-corrected chi connectivity index (χ2v) is 11.4. The van der Waals surface area contributed by atoms with E-state index < -0.39 is 0 Å². The minimum Gasteiger partial charge on any atom is -0.455 e. The van der Waals surface area contributed by atoms with Crippen LogP contribution in [0.1, 0.15) is 25.0 Å². The van der Waals surface area contributed by atoms with Gasteiger partial charge in [0.25, 0.3) is 0 Å². The molecule has 220 valence electrons. The highest BCUT2D eigenvalue weighted by atomic mass is 16.3. The normalized spacial score (nSPS) is 13.0. The molecule has 0 aliphatic carbocycles. The summed E-state index contributed by atoms with van der Waals surface area (Å²) in [4.78, 5) is 10.3. The Morgan fingerprint density at radius 1 is 0.587 bits per heavy atom. The van der Waals surface area contributed by atoms with E-state index in [0.29, 0.717) is 5.84 Å². The molecule has 6 aromatic carbocycles. The summed E-state index contributed by atoms with van der Waals surface area (Å²) in [6, 6.07) is 50.3. The van der Waals surface area contributed by atoms with Gasteiger partial charge in [-0.1, -0.05) is 127 Å². The minimum absolute atomic E-state index is 0.661. The molecule has 0 radical (unpaired) electrons. The predicted molar refractivity (Wildman–Crippen MR) is 194 cm³/mol. The standard InChI is InChI=1S/C42H31N3O/c1-3-37(29-15-6-4-7-16-29)44-42(30-17-8-5-9-18-30)43-28(2)45-38-23-12-10-19-33(38)36-27-31(25-26-39(36)45)32-21-14-22-35-34-20-11-13-24-40(34)46-41(32)35/h3-27H,1-2H3/b37-3+,43-28?,44-42?. The number of furan rings is 1. The van der Waals surface area contributed by atoms with E-state index in [1.165, 1.54) is 5.39 Å². The summed E-state index contributed by atoms with van der Waals surface area (Å²) in [7, 11) is 0. The average Bonchev–Trinajstić information content (AvgIpc) is 3.66. The zero-order chi connectivity index (χ0) is 31.0. The largest absolute Gasteiger partial charge is 0.455 e. The minimum atomic E-state index is 0.661. The Morgan fingerprint density at radius 2 is 1.24 bits per heavy atom. The number of hydrogen-bond acceptors (Lipinski definition) is 2. The lowest BCUT2D eigenvalue weighted by molar-refractivity contribution is 0.670. The Labute approximate surface area is 267 Å². The molecule has 0 aliphatic rings. The Morgan fingerprint density at radius 3 is 2.02 bits per heavy atom. The van der Waals surface area contributed by atoms with Crippen LogP contribution in [0.25, 0.3) is 60.6 Å². The number of allylic oxidation sites excluding steroid dienone is 1. The fraction of sp³-hybridized carbons (Fsp3) is 0.0476. The van der Waals surface area contributed by atoms with Crippen molar-refractivity contribution in [2.75, 3.05) is 0 Å². The van der Waals surface area contributed by atoms with E-state index in [2.05, 4.69) is 109 Å². The summed E-state index contributed by atoms with van der Waals surface area (Å²) in [6.45, 7) is 4.08.